The van der Waals surface area contributed by atoms with Crippen LogP contribution in [0.5, 0.6) is 11.9 Å². The van der Waals surface area contributed by atoms with E-state index in [1.165, 1.54) is 6.33 Å². The molecule has 2 heterocycles. The van der Waals surface area contributed by atoms with Crippen LogP contribution in [0.2, 0.25) is 0 Å². The predicted octanol–water partition coefficient (Wildman–Crippen LogP) is 6.32. The number of hydrogen-bond acceptors (Lipinski definition) is 10. The molecule has 0 aliphatic carbocycles. The van der Waals surface area contributed by atoms with Crippen LogP contribution in [0.3, 0.4) is 0 Å². The maximum atomic E-state index is 13.5. The topological polar surface area (TPSA) is 135 Å². The Morgan fingerprint density at radius 2 is 1.45 bits per heavy atom. The van der Waals surface area contributed by atoms with Crippen molar-refractivity contribution in [1.82, 2.24) is 19.9 Å². The van der Waals surface area contributed by atoms with E-state index >= 15 is 0 Å². The molecule has 234 valence electrons. The zero-order chi connectivity index (χ0) is 31.7. The van der Waals surface area contributed by atoms with Crippen LogP contribution in [0.4, 0.5) is 5.82 Å². The highest BCUT2D eigenvalue weighted by Gasteiger charge is 2.23. The van der Waals surface area contributed by atoms with Gasteiger partial charge < -0.3 is 18.9 Å². The molecule has 0 unspecified atom stereocenters. The quantitative estimate of drug-likeness (QED) is 0.119. The lowest BCUT2D eigenvalue weighted by Gasteiger charge is -2.20. The molecule has 1 N–H and O–H groups in total. The molecule has 0 spiro atoms. The highest BCUT2D eigenvalue weighted by molar-refractivity contribution is 9.10. The summed E-state index contributed by atoms with van der Waals surface area (Å²) < 4.78 is 53.4. The van der Waals surface area contributed by atoms with Gasteiger partial charge in [-0.25, -0.2) is 28.4 Å². The molecule has 0 amide bonds. The lowest BCUT2D eigenvalue weighted by Crippen LogP contribution is -2.17. The molecular formula is C31H36BrN5O6S. The summed E-state index contributed by atoms with van der Waals surface area (Å²) in [5, 5.41) is 0. The van der Waals surface area contributed by atoms with Crippen molar-refractivity contribution in [2.45, 2.75) is 51.2 Å². The first-order valence-corrected chi connectivity index (χ1v) is 16.3. The average Bonchev–Trinajstić information content (AvgIpc) is 3.00. The minimum absolute atomic E-state index is 0.0611. The second-order valence-electron chi connectivity index (χ2n) is 10.5. The Hall–Kier alpha value is -3.65. The average molecular weight is 687 g/mol. The number of benzene rings is 2. The molecule has 44 heavy (non-hydrogen) atoms. The molecule has 2 aromatic carbocycles. The first-order chi connectivity index (χ1) is 21.0. The number of sulfonamides is 1. The van der Waals surface area contributed by atoms with E-state index in [1.807, 2.05) is 50.2 Å². The van der Waals surface area contributed by atoms with Crippen LogP contribution in [0.25, 0.3) is 11.1 Å². The highest BCUT2D eigenvalue weighted by Crippen LogP contribution is 2.36. The SMILES string of the molecule is CCOC(OCC)c1ccc(-c2c(NS(=O)(=O)c3ccc(C(C)(C)C)cc3)ncnc2OCCOc2ncc(Br)cn2)cc1. The summed E-state index contributed by atoms with van der Waals surface area (Å²) in [4.78, 5) is 16.9. The van der Waals surface area contributed by atoms with Gasteiger partial charge in [-0.05, 0) is 58.5 Å². The van der Waals surface area contributed by atoms with Crippen LogP contribution < -0.4 is 14.2 Å². The smallest absolute Gasteiger partial charge is 0.316 e. The number of nitrogens with zero attached hydrogens (tertiary/aromatic N) is 4. The van der Waals surface area contributed by atoms with Crippen LogP contribution in [0.15, 0.2) is 76.6 Å². The molecule has 0 fully saturated rings. The molecule has 2 aromatic heterocycles. The van der Waals surface area contributed by atoms with Crippen molar-refractivity contribution in [1.29, 1.82) is 0 Å². The summed E-state index contributed by atoms with van der Waals surface area (Å²) in [6.07, 6.45) is 3.86. The number of nitrogens with one attached hydrogen (secondary N) is 1. The molecule has 0 saturated heterocycles. The Balaban J connectivity index is 1.64. The molecule has 0 radical (unpaired) electrons. The molecule has 4 aromatic rings. The Morgan fingerprint density at radius 3 is 2.05 bits per heavy atom. The number of ether oxygens (including phenoxy) is 4. The maximum absolute atomic E-state index is 13.5. The van der Waals surface area contributed by atoms with E-state index in [1.54, 1.807) is 24.5 Å². The fraction of sp³-hybridized carbons (Fsp3) is 0.355. The van der Waals surface area contributed by atoms with Gasteiger partial charge in [0, 0.05) is 31.2 Å². The molecule has 0 aliphatic heterocycles. The molecule has 0 atom stereocenters. The van der Waals surface area contributed by atoms with Gasteiger partial charge >= 0.3 is 6.01 Å². The van der Waals surface area contributed by atoms with Crippen LogP contribution in [-0.2, 0) is 24.9 Å². The number of anilines is 1. The largest absolute Gasteiger partial charge is 0.473 e. The lowest BCUT2D eigenvalue weighted by atomic mass is 9.87. The fourth-order valence-corrected chi connectivity index (χ4v) is 5.36. The standard InChI is InChI=1S/C31H36BrN5O6S/c1-6-40-29(41-7-2)22-10-8-21(9-11-22)26-27(37-44(38,39)25-14-12-23(13-15-25)31(3,4)5)35-20-36-28(26)42-16-17-43-30-33-18-24(32)19-34-30/h8-15,18-20,29H,6-7,16-17H2,1-5H3,(H,35,36,37). The van der Waals surface area contributed by atoms with Gasteiger partial charge in [-0.15, -0.1) is 0 Å². The van der Waals surface area contributed by atoms with E-state index in [4.69, 9.17) is 18.9 Å². The van der Waals surface area contributed by atoms with Crippen LogP contribution in [0.1, 0.15) is 52.0 Å². The highest BCUT2D eigenvalue weighted by atomic mass is 79.9. The van der Waals surface area contributed by atoms with Gasteiger partial charge in [-0.1, -0.05) is 57.2 Å². The van der Waals surface area contributed by atoms with E-state index in [0.29, 0.717) is 24.3 Å². The monoisotopic (exact) mass is 685 g/mol. The molecular weight excluding hydrogens is 650 g/mol. The minimum Gasteiger partial charge on any atom is -0.473 e. The summed E-state index contributed by atoms with van der Waals surface area (Å²) in [5.74, 6) is 0.228. The number of aromatic nitrogens is 4. The van der Waals surface area contributed by atoms with Gasteiger partial charge in [-0.3, -0.25) is 4.72 Å². The summed E-state index contributed by atoms with van der Waals surface area (Å²) in [5.41, 5.74) is 2.68. The molecule has 11 nitrogen and oxygen atoms in total. The lowest BCUT2D eigenvalue weighted by molar-refractivity contribution is -0.140. The van der Waals surface area contributed by atoms with Gasteiger partial charge in [0.1, 0.15) is 19.5 Å². The van der Waals surface area contributed by atoms with Crippen LogP contribution >= 0.6 is 15.9 Å². The molecule has 0 bridgehead atoms. The first kappa shape index (κ1) is 33.2. The summed E-state index contributed by atoms with van der Waals surface area (Å²) in [7, 11) is -4.00. The fourth-order valence-electron chi connectivity index (χ4n) is 4.13. The van der Waals surface area contributed by atoms with Crippen molar-refractivity contribution in [3.8, 4) is 23.0 Å². The van der Waals surface area contributed by atoms with Crippen LogP contribution in [-0.4, -0.2) is 54.8 Å². The first-order valence-electron chi connectivity index (χ1n) is 14.1. The van der Waals surface area contributed by atoms with Gasteiger partial charge in [0.15, 0.2) is 12.1 Å². The normalized spacial score (nSPS) is 11.9. The van der Waals surface area contributed by atoms with Gasteiger partial charge in [-0.2, -0.15) is 0 Å². The zero-order valence-corrected chi connectivity index (χ0v) is 27.7. The number of rotatable bonds is 14. The van der Waals surface area contributed by atoms with E-state index in [9.17, 15) is 8.42 Å². The minimum atomic E-state index is -4.00. The second-order valence-corrected chi connectivity index (χ2v) is 13.1. The Kier molecular flexibility index (Phi) is 11.2. The third kappa shape index (κ3) is 8.72. The van der Waals surface area contributed by atoms with Crippen molar-refractivity contribution in [3.63, 3.8) is 0 Å². The van der Waals surface area contributed by atoms with Crippen molar-refractivity contribution < 1.29 is 27.4 Å². The second kappa shape index (κ2) is 14.9. The molecule has 0 aliphatic rings. The van der Waals surface area contributed by atoms with Crippen LogP contribution in [0, 0.1) is 0 Å². The van der Waals surface area contributed by atoms with Crippen molar-refractivity contribution in [2.24, 2.45) is 0 Å². The van der Waals surface area contributed by atoms with Gasteiger partial charge in [0.25, 0.3) is 10.0 Å². The van der Waals surface area contributed by atoms with Gasteiger partial charge in [0.2, 0.25) is 5.88 Å². The molecule has 13 heteroatoms. The predicted molar refractivity (Wildman–Crippen MR) is 170 cm³/mol. The molecule has 0 saturated carbocycles. The zero-order valence-electron chi connectivity index (χ0n) is 25.3. The van der Waals surface area contributed by atoms with Crippen molar-refractivity contribution in [3.05, 3.63) is 82.9 Å². The van der Waals surface area contributed by atoms with Crippen molar-refractivity contribution in [2.75, 3.05) is 31.1 Å². The number of halogens is 1. The Bertz CT molecular complexity index is 1610. The maximum Gasteiger partial charge on any atom is 0.316 e. The summed E-state index contributed by atoms with van der Waals surface area (Å²) in [6, 6.07) is 14.3. The van der Waals surface area contributed by atoms with Gasteiger partial charge in [0.05, 0.1) is 14.9 Å². The third-order valence-electron chi connectivity index (χ3n) is 6.33. The van der Waals surface area contributed by atoms with E-state index in [-0.39, 0.29) is 41.2 Å². The third-order valence-corrected chi connectivity index (χ3v) is 8.10. The van der Waals surface area contributed by atoms with E-state index < -0.39 is 16.3 Å². The molecule has 4 rings (SSSR count). The summed E-state index contributed by atoms with van der Waals surface area (Å²) >= 11 is 3.29. The Morgan fingerprint density at radius 1 is 0.841 bits per heavy atom. The van der Waals surface area contributed by atoms with E-state index in [0.717, 1.165) is 15.6 Å². The number of hydrogen-bond donors (Lipinski definition) is 1. The van der Waals surface area contributed by atoms with Crippen molar-refractivity contribution >= 4 is 31.8 Å². The summed E-state index contributed by atoms with van der Waals surface area (Å²) in [6.45, 7) is 11.2. The Labute approximate surface area is 266 Å². The van der Waals surface area contributed by atoms with E-state index in [2.05, 4.69) is 61.4 Å².